The minimum absolute atomic E-state index is 0.0318. The number of phenols is 1. The number of halogens is 2. The minimum Gasteiger partial charge on any atom is -0.505 e. The Morgan fingerprint density at radius 1 is 1.35 bits per heavy atom. The average molecular weight is 438 g/mol. The number of sulfonamides is 1. The zero-order valence-electron chi connectivity index (χ0n) is 11.9. The second kappa shape index (κ2) is 6.58. The van der Waals surface area contributed by atoms with Gasteiger partial charge in [-0.3, -0.25) is 4.72 Å². The second-order valence-electron chi connectivity index (χ2n) is 5.38. The van der Waals surface area contributed by atoms with Gasteiger partial charge >= 0.3 is 0 Å². The van der Waals surface area contributed by atoms with Crippen molar-refractivity contribution < 1.29 is 13.5 Å². The summed E-state index contributed by atoms with van der Waals surface area (Å²) in [6.45, 7) is 0. The number of nitrogens with zero attached hydrogens (tertiary/aromatic N) is 1. The van der Waals surface area contributed by atoms with Crippen molar-refractivity contribution in [3.63, 3.8) is 0 Å². The summed E-state index contributed by atoms with van der Waals surface area (Å²) in [5, 5.41) is 11.3. The molecule has 0 radical (unpaired) electrons. The van der Waals surface area contributed by atoms with Crippen LogP contribution in [0.4, 0.5) is 5.00 Å². The summed E-state index contributed by atoms with van der Waals surface area (Å²) in [5.74, 6) is -0.0464. The Labute approximate surface area is 151 Å². The van der Waals surface area contributed by atoms with Gasteiger partial charge in [-0.15, -0.1) is 11.3 Å². The van der Waals surface area contributed by atoms with Gasteiger partial charge in [0.15, 0.2) is 5.75 Å². The molecule has 2 aromatic rings. The maximum Gasteiger partial charge on any atom is 0.266 e. The summed E-state index contributed by atoms with van der Waals surface area (Å²) in [6.07, 6.45) is 6.10. The molecule has 1 aliphatic rings. The summed E-state index contributed by atoms with van der Waals surface area (Å²) in [6, 6.07) is 2.74. The fourth-order valence-corrected chi connectivity index (χ4v) is 6.06. The first-order valence-electron chi connectivity index (χ1n) is 7.03. The minimum atomic E-state index is -3.94. The lowest BCUT2D eigenvalue weighted by molar-refractivity contribution is 0.459. The van der Waals surface area contributed by atoms with Crippen molar-refractivity contribution >= 4 is 53.9 Å². The van der Waals surface area contributed by atoms with E-state index in [-0.39, 0.29) is 9.92 Å². The number of rotatable bonds is 4. The maximum absolute atomic E-state index is 12.5. The first-order valence-corrected chi connectivity index (χ1v) is 10.5. The molecule has 3 rings (SSSR count). The molecule has 1 aromatic heterocycles. The van der Waals surface area contributed by atoms with E-state index in [0.717, 1.165) is 17.8 Å². The fraction of sp³-hybridized carbons (Fsp3) is 0.357. The summed E-state index contributed by atoms with van der Waals surface area (Å²) >= 11 is 10.4. The van der Waals surface area contributed by atoms with Crippen molar-refractivity contribution in [2.75, 3.05) is 4.72 Å². The lowest BCUT2D eigenvalue weighted by Crippen LogP contribution is -2.12. The van der Waals surface area contributed by atoms with E-state index < -0.39 is 15.8 Å². The van der Waals surface area contributed by atoms with E-state index in [1.165, 1.54) is 42.5 Å². The van der Waals surface area contributed by atoms with Crippen LogP contribution in [0.2, 0.25) is 5.02 Å². The van der Waals surface area contributed by atoms with Crippen molar-refractivity contribution in [1.82, 2.24) is 4.98 Å². The molecule has 0 saturated heterocycles. The van der Waals surface area contributed by atoms with Crippen LogP contribution in [0, 0.1) is 0 Å². The van der Waals surface area contributed by atoms with Crippen molar-refractivity contribution in [2.45, 2.75) is 36.5 Å². The Balaban J connectivity index is 1.87. The van der Waals surface area contributed by atoms with Gasteiger partial charge in [-0.2, -0.15) is 0 Å². The molecule has 5 nitrogen and oxygen atoms in total. The molecule has 23 heavy (non-hydrogen) atoms. The monoisotopic (exact) mass is 436 g/mol. The SMILES string of the molecule is O=S(=O)(Nc1cnc(C2CCCC2)s1)c1cc(Br)cc(Cl)c1O. The highest BCUT2D eigenvalue weighted by Crippen LogP contribution is 2.39. The molecule has 0 spiro atoms. The average Bonchev–Trinajstić information content (AvgIpc) is 3.12. The number of hydrogen-bond acceptors (Lipinski definition) is 5. The van der Waals surface area contributed by atoms with Crippen molar-refractivity contribution in [1.29, 1.82) is 0 Å². The fourth-order valence-electron chi connectivity index (χ4n) is 2.63. The Morgan fingerprint density at radius 3 is 2.74 bits per heavy atom. The number of benzene rings is 1. The molecule has 1 aromatic carbocycles. The van der Waals surface area contributed by atoms with Gasteiger partial charge in [0.2, 0.25) is 0 Å². The van der Waals surface area contributed by atoms with Gasteiger partial charge in [0.05, 0.1) is 16.2 Å². The Bertz CT molecular complexity index is 833. The number of thiazole rings is 1. The van der Waals surface area contributed by atoms with E-state index in [9.17, 15) is 13.5 Å². The smallest absolute Gasteiger partial charge is 0.266 e. The summed E-state index contributed by atoms with van der Waals surface area (Å²) in [7, 11) is -3.94. The largest absolute Gasteiger partial charge is 0.505 e. The van der Waals surface area contributed by atoms with Crippen LogP contribution in [-0.4, -0.2) is 18.5 Å². The van der Waals surface area contributed by atoms with Crippen LogP contribution in [0.25, 0.3) is 0 Å². The molecule has 0 amide bonds. The molecular formula is C14H14BrClN2O3S2. The molecule has 1 fully saturated rings. The molecule has 0 atom stereocenters. The molecule has 9 heteroatoms. The summed E-state index contributed by atoms with van der Waals surface area (Å²) in [5.41, 5.74) is 0. The van der Waals surface area contributed by atoms with Gasteiger partial charge in [-0.25, -0.2) is 13.4 Å². The van der Waals surface area contributed by atoms with Crippen molar-refractivity contribution in [3.05, 3.63) is 32.8 Å². The first kappa shape index (κ1) is 17.0. The molecule has 124 valence electrons. The van der Waals surface area contributed by atoms with E-state index in [1.807, 2.05) is 0 Å². The number of nitrogens with one attached hydrogen (secondary N) is 1. The first-order chi connectivity index (χ1) is 10.9. The number of phenolic OH excluding ortho intramolecular Hbond substituents is 1. The lowest BCUT2D eigenvalue weighted by atomic mass is 10.1. The normalized spacial score (nSPS) is 15.9. The van der Waals surface area contributed by atoms with Crippen LogP contribution in [0.5, 0.6) is 5.75 Å². The third kappa shape index (κ3) is 3.65. The van der Waals surface area contributed by atoms with Crippen LogP contribution >= 0.6 is 38.9 Å². The molecule has 2 N–H and O–H groups in total. The number of anilines is 1. The van der Waals surface area contributed by atoms with Crippen LogP contribution in [-0.2, 0) is 10.0 Å². The highest BCUT2D eigenvalue weighted by molar-refractivity contribution is 9.10. The van der Waals surface area contributed by atoms with Gasteiger partial charge in [0, 0.05) is 10.4 Å². The topological polar surface area (TPSA) is 79.3 Å². The van der Waals surface area contributed by atoms with Gasteiger partial charge in [-0.1, -0.05) is 40.4 Å². The third-order valence-corrected chi connectivity index (χ3v) is 7.07. The molecule has 0 aliphatic heterocycles. The van der Waals surface area contributed by atoms with Crippen LogP contribution in [0.1, 0.15) is 36.6 Å². The van der Waals surface area contributed by atoms with Crippen LogP contribution in [0.15, 0.2) is 27.7 Å². The number of hydrogen-bond donors (Lipinski definition) is 2. The molecule has 0 unspecified atom stereocenters. The lowest BCUT2D eigenvalue weighted by Gasteiger charge is -2.09. The molecule has 1 saturated carbocycles. The molecule has 0 bridgehead atoms. The van der Waals surface area contributed by atoms with E-state index >= 15 is 0 Å². The highest BCUT2D eigenvalue weighted by Gasteiger charge is 2.24. The third-order valence-electron chi connectivity index (χ3n) is 3.75. The number of aromatic nitrogens is 1. The molecule has 1 aliphatic carbocycles. The van der Waals surface area contributed by atoms with E-state index in [4.69, 9.17) is 11.6 Å². The standard InChI is InChI=1S/C14H14BrClN2O3S2/c15-9-5-10(16)13(19)11(6-9)23(20,21)18-12-7-17-14(22-12)8-3-1-2-4-8/h5-8,18-19H,1-4H2. The Hall–Kier alpha value is -0.830. The quantitative estimate of drug-likeness (QED) is 0.725. The van der Waals surface area contributed by atoms with Gasteiger partial charge < -0.3 is 5.11 Å². The van der Waals surface area contributed by atoms with Crippen molar-refractivity contribution in [3.8, 4) is 5.75 Å². The van der Waals surface area contributed by atoms with Gasteiger partial charge in [0.25, 0.3) is 10.0 Å². The van der Waals surface area contributed by atoms with E-state index in [1.54, 1.807) is 0 Å². The zero-order chi connectivity index (χ0) is 16.6. The summed E-state index contributed by atoms with van der Waals surface area (Å²) < 4.78 is 27.9. The van der Waals surface area contributed by atoms with Crippen LogP contribution in [0.3, 0.4) is 0 Å². The van der Waals surface area contributed by atoms with Crippen molar-refractivity contribution in [2.24, 2.45) is 0 Å². The number of aromatic hydroxyl groups is 1. The second-order valence-corrected chi connectivity index (χ2v) is 9.42. The van der Waals surface area contributed by atoms with Crippen LogP contribution < -0.4 is 4.72 Å². The summed E-state index contributed by atoms with van der Waals surface area (Å²) in [4.78, 5) is 4.06. The van der Waals surface area contributed by atoms with Gasteiger partial charge in [0.1, 0.15) is 9.90 Å². The predicted molar refractivity (Wildman–Crippen MR) is 94.9 cm³/mol. The zero-order valence-corrected chi connectivity index (χ0v) is 15.9. The van der Waals surface area contributed by atoms with E-state index in [0.29, 0.717) is 15.4 Å². The maximum atomic E-state index is 12.5. The Morgan fingerprint density at radius 2 is 2.04 bits per heavy atom. The molecule has 1 heterocycles. The highest BCUT2D eigenvalue weighted by atomic mass is 79.9. The predicted octanol–water partition coefficient (Wildman–Crippen LogP) is 4.72. The Kier molecular flexibility index (Phi) is 4.87. The molecular weight excluding hydrogens is 424 g/mol. The van der Waals surface area contributed by atoms with E-state index in [2.05, 4.69) is 25.6 Å². The van der Waals surface area contributed by atoms with Gasteiger partial charge in [-0.05, 0) is 25.0 Å².